The van der Waals surface area contributed by atoms with Crippen LogP contribution in [0.1, 0.15) is 43.7 Å². The monoisotopic (exact) mass is 312 g/mol. The number of rotatable bonds is 11. The van der Waals surface area contributed by atoms with E-state index in [0.29, 0.717) is 0 Å². The van der Waals surface area contributed by atoms with Gasteiger partial charge in [-0.2, -0.15) is 0 Å². The van der Waals surface area contributed by atoms with Crippen LogP contribution in [0, 0.1) is 0 Å². The Balaban J connectivity index is 2.62. The van der Waals surface area contributed by atoms with E-state index in [2.05, 4.69) is 50.1 Å². The molecule has 122 valence electrons. The maximum atomic E-state index is 4.87. The van der Waals surface area contributed by atoms with Crippen molar-refractivity contribution in [1.29, 1.82) is 0 Å². The Morgan fingerprint density at radius 2 is 1.86 bits per heavy atom. The van der Waals surface area contributed by atoms with Gasteiger partial charge in [-0.15, -0.1) is 11.3 Å². The molecule has 21 heavy (non-hydrogen) atoms. The summed E-state index contributed by atoms with van der Waals surface area (Å²) in [4.78, 5) is 10.8. The second-order valence-electron chi connectivity index (χ2n) is 5.87. The summed E-state index contributed by atoms with van der Waals surface area (Å²) < 4.78 is 0. The summed E-state index contributed by atoms with van der Waals surface area (Å²) in [5, 5.41) is 4.68. The molecule has 0 saturated carbocycles. The quantitative estimate of drug-likeness (QED) is 0.637. The number of aryl methyl sites for hydroxylation is 1. The zero-order chi connectivity index (χ0) is 15.7. The molecule has 1 aromatic heterocycles. The molecule has 1 aromatic rings. The molecule has 0 spiro atoms. The molecule has 0 amide bonds. The molecule has 1 N–H and O–H groups in total. The Kier molecular flexibility index (Phi) is 8.88. The molecule has 0 fully saturated rings. The zero-order valence-corrected chi connectivity index (χ0v) is 15.2. The largest absolute Gasteiger partial charge is 0.351 e. The van der Waals surface area contributed by atoms with Crippen LogP contribution < -0.4 is 10.2 Å². The average molecular weight is 313 g/mol. The third-order valence-corrected chi connectivity index (χ3v) is 4.60. The fraction of sp³-hybridized carbons (Fsp3) is 0.812. The SMILES string of the molecule is CCCNCc1sc(N(C)CCCN(C)C)nc1CCC. The first kappa shape index (κ1) is 18.4. The van der Waals surface area contributed by atoms with Crippen LogP contribution in [0.4, 0.5) is 5.13 Å². The van der Waals surface area contributed by atoms with Crippen molar-refractivity contribution in [2.24, 2.45) is 0 Å². The molecule has 4 nitrogen and oxygen atoms in total. The summed E-state index contributed by atoms with van der Waals surface area (Å²) in [6, 6.07) is 0. The highest BCUT2D eigenvalue weighted by Crippen LogP contribution is 2.26. The summed E-state index contributed by atoms with van der Waals surface area (Å²) in [5.41, 5.74) is 1.29. The number of aromatic nitrogens is 1. The lowest BCUT2D eigenvalue weighted by atomic mass is 10.2. The highest BCUT2D eigenvalue weighted by molar-refractivity contribution is 7.15. The van der Waals surface area contributed by atoms with E-state index in [1.807, 2.05) is 11.3 Å². The molecule has 0 radical (unpaired) electrons. The van der Waals surface area contributed by atoms with Crippen molar-refractivity contribution in [3.05, 3.63) is 10.6 Å². The molecule has 0 atom stereocenters. The van der Waals surface area contributed by atoms with Crippen molar-refractivity contribution < 1.29 is 0 Å². The summed E-state index contributed by atoms with van der Waals surface area (Å²) >= 11 is 1.86. The molecule has 0 bridgehead atoms. The second kappa shape index (κ2) is 10.1. The number of thiazole rings is 1. The lowest BCUT2D eigenvalue weighted by Crippen LogP contribution is -2.23. The van der Waals surface area contributed by atoms with E-state index in [4.69, 9.17) is 4.98 Å². The summed E-state index contributed by atoms with van der Waals surface area (Å²) in [7, 11) is 6.41. The van der Waals surface area contributed by atoms with Gasteiger partial charge in [0.25, 0.3) is 0 Å². The van der Waals surface area contributed by atoms with Gasteiger partial charge >= 0.3 is 0 Å². The van der Waals surface area contributed by atoms with E-state index in [9.17, 15) is 0 Å². The Morgan fingerprint density at radius 1 is 1.10 bits per heavy atom. The maximum absolute atomic E-state index is 4.87. The minimum Gasteiger partial charge on any atom is -0.351 e. The molecular formula is C16H32N4S. The van der Waals surface area contributed by atoms with Crippen molar-refractivity contribution in [1.82, 2.24) is 15.2 Å². The van der Waals surface area contributed by atoms with E-state index in [1.54, 1.807) is 0 Å². The number of anilines is 1. The van der Waals surface area contributed by atoms with E-state index in [1.165, 1.54) is 28.5 Å². The predicted octanol–water partition coefficient (Wildman–Crippen LogP) is 2.98. The van der Waals surface area contributed by atoms with Gasteiger partial charge in [-0.05, 0) is 46.4 Å². The molecular weight excluding hydrogens is 280 g/mol. The lowest BCUT2D eigenvalue weighted by Gasteiger charge is -2.17. The first-order valence-corrected chi connectivity index (χ1v) is 8.95. The van der Waals surface area contributed by atoms with Crippen LogP contribution in [0.3, 0.4) is 0 Å². The van der Waals surface area contributed by atoms with Crippen LogP contribution in [-0.4, -0.2) is 50.7 Å². The van der Waals surface area contributed by atoms with Crippen LogP contribution in [-0.2, 0) is 13.0 Å². The normalized spacial score (nSPS) is 11.3. The molecule has 0 aromatic carbocycles. The standard InChI is InChI=1S/C16H32N4S/c1-6-9-14-15(13-17-10-7-2)21-16(18-14)20(5)12-8-11-19(3)4/h17H,6-13H2,1-5H3. The summed E-state index contributed by atoms with van der Waals surface area (Å²) in [5.74, 6) is 0. The molecule has 5 heteroatoms. The van der Waals surface area contributed by atoms with E-state index >= 15 is 0 Å². The van der Waals surface area contributed by atoms with Gasteiger partial charge in [-0.1, -0.05) is 20.3 Å². The molecule has 0 aliphatic heterocycles. The zero-order valence-electron chi connectivity index (χ0n) is 14.4. The van der Waals surface area contributed by atoms with Crippen molar-refractivity contribution >= 4 is 16.5 Å². The Hall–Kier alpha value is -0.650. The number of hydrogen-bond donors (Lipinski definition) is 1. The van der Waals surface area contributed by atoms with E-state index < -0.39 is 0 Å². The van der Waals surface area contributed by atoms with E-state index in [-0.39, 0.29) is 0 Å². The Bertz CT molecular complexity index is 390. The summed E-state index contributed by atoms with van der Waals surface area (Å²) in [6.45, 7) is 8.67. The van der Waals surface area contributed by atoms with Gasteiger partial charge in [-0.25, -0.2) is 4.98 Å². The van der Waals surface area contributed by atoms with Crippen LogP contribution in [0.5, 0.6) is 0 Å². The molecule has 0 unspecified atom stereocenters. The van der Waals surface area contributed by atoms with Gasteiger partial charge in [0.1, 0.15) is 0 Å². The van der Waals surface area contributed by atoms with Crippen molar-refractivity contribution in [2.45, 2.75) is 46.1 Å². The molecule has 0 aliphatic carbocycles. The van der Waals surface area contributed by atoms with Crippen LogP contribution >= 0.6 is 11.3 Å². The van der Waals surface area contributed by atoms with Crippen molar-refractivity contribution in [3.8, 4) is 0 Å². The highest BCUT2D eigenvalue weighted by atomic mass is 32.1. The van der Waals surface area contributed by atoms with E-state index in [0.717, 1.165) is 39.0 Å². The van der Waals surface area contributed by atoms with Crippen LogP contribution in [0.2, 0.25) is 0 Å². The van der Waals surface area contributed by atoms with Gasteiger partial charge in [0.2, 0.25) is 0 Å². The van der Waals surface area contributed by atoms with Crippen LogP contribution in [0.25, 0.3) is 0 Å². The smallest absolute Gasteiger partial charge is 0.185 e. The van der Waals surface area contributed by atoms with Gasteiger partial charge in [-0.3, -0.25) is 0 Å². The van der Waals surface area contributed by atoms with Crippen LogP contribution in [0.15, 0.2) is 0 Å². The number of nitrogens with zero attached hydrogens (tertiary/aromatic N) is 3. The van der Waals surface area contributed by atoms with Gasteiger partial charge in [0.05, 0.1) is 5.69 Å². The van der Waals surface area contributed by atoms with Crippen molar-refractivity contribution in [3.63, 3.8) is 0 Å². The first-order valence-electron chi connectivity index (χ1n) is 8.13. The Morgan fingerprint density at radius 3 is 2.48 bits per heavy atom. The highest BCUT2D eigenvalue weighted by Gasteiger charge is 2.13. The number of hydrogen-bond acceptors (Lipinski definition) is 5. The molecule has 1 heterocycles. The average Bonchev–Trinajstić information content (AvgIpc) is 2.82. The van der Waals surface area contributed by atoms with Gasteiger partial charge < -0.3 is 15.1 Å². The van der Waals surface area contributed by atoms with Gasteiger partial charge in [0, 0.05) is 25.0 Å². The second-order valence-corrected chi connectivity index (χ2v) is 6.93. The fourth-order valence-electron chi connectivity index (χ4n) is 2.20. The third kappa shape index (κ3) is 6.76. The lowest BCUT2D eigenvalue weighted by molar-refractivity contribution is 0.401. The maximum Gasteiger partial charge on any atom is 0.185 e. The Labute approximate surface area is 134 Å². The number of nitrogens with one attached hydrogen (secondary N) is 1. The minimum atomic E-state index is 0.965. The predicted molar refractivity (Wildman–Crippen MR) is 94.5 cm³/mol. The first-order chi connectivity index (χ1) is 10.1. The van der Waals surface area contributed by atoms with Gasteiger partial charge in [0.15, 0.2) is 5.13 Å². The topological polar surface area (TPSA) is 31.4 Å². The minimum absolute atomic E-state index is 0.965. The van der Waals surface area contributed by atoms with Crippen molar-refractivity contribution in [2.75, 3.05) is 45.7 Å². The fourth-order valence-corrected chi connectivity index (χ4v) is 3.26. The molecule has 0 saturated heterocycles. The molecule has 0 aliphatic rings. The third-order valence-electron chi connectivity index (χ3n) is 3.39. The molecule has 1 rings (SSSR count). The summed E-state index contributed by atoms with van der Waals surface area (Å²) in [6.07, 6.45) is 4.61.